The van der Waals surface area contributed by atoms with Gasteiger partial charge in [-0.05, 0) is 52.5 Å². The molecule has 0 spiro atoms. The first-order chi connectivity index (χ1) is 14.5. The highest BCUT2D eigenvalue weighted by atomic mass is 79.9. The Hall–Kier alpha value is -2.32. The molecule has 0 bridgehead atoms. The second-order valence-corrected chi connectivity index (χ2v) is 8.95. The van der Waals surface area contributed by atoms with Crippen LogP contribution in [0.25, 0.3) is 0 Å². The van der Waals surface area contributed by atoms with Crippen molar-refractivity contribution in [2.45, 2.75) is 38.6 Å². The first-order valence-electron chi connectivity index (χ1n) is 9.80. The van der Waals surface area contributed by atoms with E-state index < -0.39 is 0 Å². The fourth-order valence-electron chi connectivity index (χ4n) is 2.69. The van der Waals surface area contributed by atoms with E-state index in [2.05, 4.69) is 49.9 Å². The third-order valence-corrected chi connectivity index (χ3v) is 5.97. The van der Waals surface area contributed by atoms with Crippen molar-refractivity contribution in [1.82, 2.24) is 14.8 Å². The molecule has 0 unspecified atom stereocenters. The van der Waals surface area contributed by atoms with Gasteiger partial charge in [0.05, 0.1) is 11.4 Å². The van der Waals surface area contributed by atoms with Crippen LogP contribution in [-0.4, -0.2) is 26.4 Å². The van der Waals surface area contributed by atoms with E-state index in [0.29, 0.717) is 12.5 Å². The van der Waals surface area contributed by atoms with Gasteiger partial charge in [-0.1, -0.05) is 55.9 Å². The van der Waals surface area contributed by atoms with E-state index in [0.717, 1.165) is 39.9 Å². The number of hydrogen-bond donors (Lipinski definition) is 1. The normalized spacial score (nSPS) is 10.9. The molecule has 0 aliphatic rings. The molecular formula is C22H25BrN4O2S. The van der Waals surface area contributed by atoms with Crippen LogP contribution < -0.4 is 10.1 Å². The molecule has 0 radical (unpaired) electrons. The molecule has 0 aliphatic heterocycles. The number of halogens is 1. The van der Waals surface area contributed by atoms with Crippen LogP contribution in [0.5, 0.6) is 5.75 Å². The number of rotatable bonds is 10. The lowest BCUT2D eigenvalue weighted by Gasteiger charge is -2.12. The predicted molar refractivity (Wildman–Crippen MR) is 124 cm³/mol. The van der Waals surface area contributed by atoms with Crippen molar-refractivity contribution in [2.24, 2.45) is 5.92 Å². The molecule has 0 saturated carbocycles. The Kier molecular flexibility index (Phi) is 8.33. The summed E-state index contributed by atoms with van der Waals surface area (Å²) in [5.74, 6) is 2.26. The summed E-state index contributed by atoms with van der Waals surface area (Å²) < 4.78 is 8.76. The van der Waals surface area contributed by atoms with Crippen LogP contribution in [0.3, 0.4) is 0 Å². The van der Waals surface area contributed by atoms with Crippen LogP contribution in [-0.2, 0) is 17.9 Å². The molecule has 0 saturated heterocycles. The molecule has 1 aromatic heterocycles. The fourth-order valence-corrected chi connectivity index (χ4v) is 3.86. The number of benzene rings is 2. The lowest BCUT2D eigenvalue weighted by Crippen LogP contribution is -2.15. The molecule has 30 heavy (non-hydrogen) atoms. The van der Waals surface area contributed by atoms with E-state index in [1.165, 1.54) is 11.8 Å². The van der Waals surface area contributed by atoms with E-state index >= 15 is 0 Å². The minimum atomic E-state index is -0.0904. The van der Waals surface area contributed by atoms with Gasteiger partial charge < -0.3 is 14.6 Å². The van der Waals surface area contributed by atoms with Crippen LogP contribution in [0.15, 0.2) is 64.2 Å². The number of nitrogens with zero attached hydrogens (tertiary/aromatic N) is 3. The van der Waals surface area contributed by atoms with Crippen molar-refractivity contribution < 1.29 is 9.53 Å². The van der Waals surface area contributed by atoms with Gasteiger partial charge in [0.25, 0.3) is 0 Å². The Morgan fingerprint density at radius 2 is 1.87 bits per heavy atom. The summed E-state index contributed by atoms with van der Waals surface area (Å²) in [4.78, 5) is 12.4. The molecular weight excluding hydrogens is 464 g/mol. The van der Waals surface area contributed by atoms with Crippen LogP contribution >= 0.6 is 27.7 Å². The lowest BCUT2D eigenvalue weighted by molar-refractivity contribution is -0.113. The largest absolute Gasteiger partial charge is 0.486 e. The number of aromatic nitrogens is 3. The summed E-state index contributed by atoms with van der Waals surface area (Å²) in [7, 11) is 0. The quantitative estimate of drug-likeness (QED) is 0.387. The zero-order chi connectivity index (χ0) is 21.3. The van der Waals surface area contributed by atoms with Gasteiger partial charge in [0, 0.05) is 11.0 Å². The summed E-state index contributed by atoms with van der Waals surface area (Å²) >= 11 is 4.83. The molecule has 8 heteroatoms. The predicted octanol–water partition coefficient (Wildman–Crippen LogP) is 5.40. The van der Waals surface area contributed by atoms with Gasteiger partial charge in [0.15, 0.2) is 11.0 Å². The Morgan fingerprint density at radius 3 is 2.60 bits per heavy atom. The number of carbonyl (C=O) groups excluding carboxylic acids is 1. The number of thioether (sulfide) groups is 1. The molecule has 1 amide bonds. The molecule has 0 atom stereocenters. The number of nitrogens with one attached hydrogen (secondary N) is 1. The maximum atomic E-state index is 12.4. The number of para-hydroxylation sites is 2. The number of amides is 1. The van der Waals surface area contributed by atoms with Gasteiger partial charge in [-0.25, -0.2) is 0 Å². The molecule has 158 valence electrons. The van der Waals surface area contributed by atoms with Gasteiger partial charge in [0.1, 0.15) is 12.4 Å². The Bertz CT molecular complexity index is 963. The first kappa shape index (κ1) is 22.4. The van der Waals surface area contributed by atoms with Gasteiger partial charge in [-0.3, -0.25) is 4.79 Å². The van der Waals surface area contributed by atoms with E-state index in [1.807, 2.05) is 54.6 Å². The molecule has 3 aromatic rings. The first-order valence-corrected chi connectivity index (χ1v) is 11.6. The zero-order valence-corrected chi connectivity index (χ0v) is 19.4. The average Bonchev–Trinajstić information content (AvgIpc) is 3.13. The lowest BCUT2D eigenvalue weighted by atomic mass is 10.1. The maximum absolute atomic E-state index is 12.4. The van der Waals surface area contributed by atoms with Gasteiger partial charge in [0.2, 0.25) is 5.91 Å². The standard InChI is InChI=1S/C22H25BrN4O2S/c1-16(2)12-13-27-20(14-29-17-8-4-3-5-9-17)25-26-22(27)30-15-21(28)24-19-11-7-6-10-18(19)23/h3-11,16H,12-15H2,1-2H3,(H,24,28). The molecule has 0 fully saturated rings. The summed E-state index contributed by atoms with van der Waals surface area (Å²) in [5.41, 5.74) is 0.751. The Morgan fingerprint density at radius 1 is 1.13 bits per heavy atom. The highest BCUT2D eigenvalue weighted by Gasteiger charge is 2.16. The molecule has 1 heterocycles. The SMILES string of the molecule is CC(C)CCn1c(COc2ccccc2)nnc1SCC(=O)Nc1ccccc1Br. The fraction of sp³-hybridized carbons (Fsp3) is 0.318. The Labute approximate surface area is 189 Å². The summed E-state index contributed by atoms with van der Waals surface area (Å²) in [6.45, 7) is 5.48. The van der Waals surface area contributed by atoms with Crippen molar-refractivity contribution in [3.8, 4) is 5.75 Å². The van der Waals surface area contributed by atoms with Crippen LogP contribution in [0.1, 0.15) is 26.1 Å². The smallest absolute Gasteiger partial charge is 0.234 e. The van der Waals surface area contributed by atoms with Gasteiger partial charge in [-0.2, -0.15) is 0 Å². The van der Waals surface area contributed by atoms with Crippen molar-refractivity contribution in [2.75, 3.05) is 11.1 Å². The number of hydrogen-bond acceptors (Lipinski definition) is 5. The van der Waals surface area contributed by atoms with Crippen molar-refractivity contribution in [3.63, 3.8) is 0 Å². The average molecular weight is 489 g/mol. The van der Waals surface area contributed by atoms with E-state index in [4.69, 9.17) is 4.74 Å². The van der Waals surface area contributed by atoms with Crippen LogP contribution in [0.4, 0.5) is 5.69 Å². The monoisotopic (exact) mass is 488 g/mol. The highest BCUT2D eigenvalue weighted by molar-refractivity contribution is 9.10. The molecule has 0 aliphatic carbocycles. The van der Waals surface area contributed by atoms with Crippen LogP contribution in [0.2, 0.25) is 0 Å². The molecule has 2 aromatic carbocycles. The molecule has 6 nitrogen and oxygen atoms in total. The third-order valence-electron chi connectivity index (χ3n) is 4.31. The zero-order valence-electron chi connectivity index (χ0n) is 17.0. The van der Waals surface area contributed by atoms with Crippen LogP contribution in [0, 0.1) is 5.92 Å². The Balaban J connectivity index is 1.64. The minimum absolute atomic E-state index is 0.0904. The van der Waals surface area contributed by atoms with Gasteiger partial charge in [-0.15, -0.1) is 10.2 Å². The van der Waals surface area contributed by atoms with E-state index in [1.54, 1.807) is 0 Å². The van der Waals surface area contributed by atoms with Crippen molar-refractivity contribution in [1.29, 1.82) is 0 Å². The second-order valence-electron chi connectivity index (χ2n) is 7.15. The number of anilines is 1. The second kappa shape index (κ2) is 11.2. The van der Waals surface area contributed by atoms with Gasteiger partial charge >= 0.3 is 0 Å². The van der Waals surface area contributed by atoms with E-state index in [9.17, 15) is 4.79 Å². The summed E-state index contributed by atoms with van der Waals surface area (Å²) in [6.07, 6.45) is 0.993. The van der Waals surface area contributed by atoms with E-state index in [-0.39, 0.29) is 11.7 Å². The minimum Gasteiger partial charge on any atom is -0.486 e. The van der Waals surface area contributed by atoms with Crippen molar-refractivity contribution >= 4 is 39.3 Å². The molecule has 1 N–H and O–H groups in total. The van der Waals surface area contributed by atoms with Crippen molar-refractivity contribution in [3.05, 3.63) is 64.9 Å². The summed E-state index contributed by atoms with van der Waals surface area (Å²) in [5, 5.41) is 12.3. The highest BCUT2D eigenvalue weighted by Crippen LogP contribution is 2.23. The maximum Gasteiger partial charge on any atom is 0.234 e. The number of carbonyl (C=O) groups is 1. The summed E-state index contributed by atoms with van der Waals surface area (Å²) in [6, 6.07) is 17.2. The molecule has 3 rings (SSSR count). The number of ether oxygens (including phenoxy) is 1. The third kappa shape index (κ3) is 6.60. The topological polar surface area (TPSA) is 69.0 Å².